The van der Waals surface area contributed by atoms with Gasteiger partial charge in [-0.3, -0.25) is 4.99 Å². The first-order valence-electron chi connectivity index (χ1n) is 9.87. The van der Waals surface area contributed by atoms with Crippen molar-refractivity contribution >= 4 is 29.5 Å². The Bertz CT molecular complexity index is 1110. The molecule has 0 saturated carbocycles. The molecule has 156 valence electrons. The molecule has 0 aliphatic carbocycles. The van der Waals surface area contributed by atoms with Gasteiger partial charge in [-0.05, 0) is 56.3 Å². The monoisotopic (exact) mass is 412 g/mol. The summed E-state index contributed by atoms with van der Waals surface area (Å²) in [5.74, 6) is 2.04. The number of hydrogen-bond acceptors (Lipinski definition) is 6. The van der Waals surface area contributed by atoms with Gasteiger partial charge in [0.1, 0.15) is 11.9 Å². The third-order valence-corrected chi connectivity index (χ3v) is 4.22. The van der Waals surface area contributed by atoms with E-state index in [1.54, 1.807) is 25.5 Å². The van der Waals surface area contributed by atoms with Crippen LogP contribution in [0.2, 0.25) is 0 Å². The third-order valence-electron chi connectivity index (χ3n) is 4.22. The summed E-state index contributed by atoms with van der Waals surface area (Å²) in [5, 5.41) is 12.1. The summed E-state index contributed by atoms with van der Waals surface area (Å²) in [6.07, 6.45) is 7.08. The van der Waals surface area contributed by atoms with E-state index < -0.39 is 0 Å². The Kier molecular flexibility index (Phi) is 7.39. The van der Waals surface area contributed by atoms with E-state index in [9.17, 15) is 0 Å². The average molecular weight is 412 g/mol. The van der Waals surface area contributed by atoms with Crippen LogP contribution in [0.1, 0.15) is 25.0 Å². The molecule has 0 fully saturated rings. The molecule has 2 aromatic carbocycles. The number of hydrogen-bond donors (Lipinski definition) is 1. The van der Waals surface area contributed by atoms with E-state index in [0.29, 0.717) is 22.9 Å². The fourth-order valence-corrected chi connectivity index (χ4v) is 2.82. The molecule has 3 rings (SSSR count). The van der Waals surface area contributed by atoms with Gasteiger partial charge >= 0.3 is 0 Å². The van der Waals surface area contributed by atoms with E-state index in [2.05, 4.69) is 21.4 Å². The second-order valence-electron chi connectivity index (χ2n) is 6.87. The van der Waals surface area contributed by atoms with Gasteiger partial charge in [0.2, 0.25) is 0 Å². The van der Waals surface area contributed by atoms with E-state index in [0.717, 1.165) is 16.9 Å². The SMILES string of the molecule is COc1cccc(/C=C/C=Nc2ccccc2Nc2ccc(C#N)cn2)c1OC(C)C. The second-order valence-corrected chi connectivity index (χ2v) is 6.87. The molecule has 31 heavy (non-hydrogen) atoms. The molecule has 0 aliphatic heterocycles. The van der Waals surface area contributed by atoms with Crippen molar-refractivity contribution in [3.63, 3.8) is 0 Å². The van der Waals surface area contributed by atoms with Gasteiger partial charge in [0, 0.05) is 18.0 Å². The van der Waals surface area contributed by atoms with Crippen molar-refractivity contribution in [2.75, 3.05) is 12.4 Å². The number of benzene rings is 2. The maximum atomic E-state index is 8.90. The number of aromatic nitrogens is 1. The standard InChI is InChI=1S/C25H24N4O2/c1-18(2)31-25-20(8-6-12-23(25)30-3)9-7-15-27-21-10-4-5-11-22(21)29-24-14-13-19(16-26)17-28-24/h4-15,17-18H,1-3H3,(H,28,29)/b9-7+,27-15?. The highest BCUT2D eigenvalue weighted by Gasteiger charge is 2.10. The summed E-state index contributed by atoms with van der Waals surface area (Å²) in [6.45, 7) is 3.96. The van der Waals surface area contributed by atoms with E-state index >= 15 is 0 Å². The van der Waals surface area contributed by atoms with E-state index in [-0.39, 0.29) is 6.10 Å². The first-order chi connectivity index (χ1) is 15.1. The van der Waals surface area contributed by atoms with Crippen molar-refractivity contribution in [3.8, 4) is 17.6 Å². The van der Waals surface area contributed by atoms with E-state index in [4.69, 9.17) is 14.7 Å². The Balaban J connectivity index is 1.77. The first kappa shape index (κ1) is 21.6. The summed E-state index contributed by atoms with van der Waals surface area (Å²) in [4.78, 5) is 8.80. The number of nitriles is 1. The minimum atomic E-state index is 0.0332. The number of anilines is 2. The molecule has 0 atom stereocenters. The van der Waals surface area contributed by atoms with Crippen LogP contribution in [-0.2, 0) is 0 Å². The van der Waals surface area contributed by atoms with Gasteiger partial charge in [0.05, 0.1) is 30.2 Å². The molecule has 0 bridgehead atoms. The molecule has 1 heterocycles. The zero-order valence-electron chi connectivity index (χ0n) is 17.7. The number of aliphatic imine (C=N–C) groups is 1. The predicted octanol–water partition coefficient (Wildman–Crippen LogP) is 5.91. The van der Waals surface area contributed by atoms with Crippen LogP contribution in [-0.4, -0.2) is 24.4 Å². The number of ether oxygens (including phenoxy) is 2. The van der Waals surface area contributed by atoms with E-state index in [1.165, 1.54) is 6.20 Å². The maximum absolute atomic E-state index is 8.90. The minimum Gasteiger partial charge on any atom is -0.493 e. The third kappa shape index (κ3) is 5.94. The van der Waals surface area contributed by atoms with Gasteiger partial charge in [-0.2, -0.15) is 5.26 Å². The first-order valence-corrected chi connectivity index (χ1v) is 9.87. The Hall–Kier alpha value is -4.11. The zero-order chi connectivity index (χ0) is 22.1. The van der Waals surface area contributed by atoms with Crippen LogP contribution >= 0.6 is 0 Å². The van der Waals surface area contributed by atoms with Crippen molar-refractivity contribution in [1.29, 1.82) is 5.26 Å². The number of para-hydroxylation sites is 3. The van der Waals surface area contributed by atoms with Crippen molar-refractivity contribution in [2.24, 2.45) is 4.99 Å². The van der Waals surface area contributed by atoms with Crippen LogP contribution in [0.4, 0.5) is 17.2 Å². The van der Waals surface area contributed by atoms with Gasteiger partial charge < -0.3 is 14.8 Å². The molecule has 1 aromatic heterocycles. The number of rotatable bonds is 8. The van der Waals surface area contributed by atoms with Gasteiger partial charge in [-0.25, -0.2) is 4.98 Å². The number of pyridine rings is 1. The summed E-state index contributed by atoms with van der Waals surface area (Å²) in [6, 6.07) is 19.0. The van der Waals surface area contributed by atoms with Crippen molar-refractivity contribution in [2.45, 2.75) is 20.0 Å². The number of nitrogens with zero attached hydrogens (tertiary/aromatic N) is 3. The lowest BCUT2D eigenvalue weighted by atomic mass is 10.1. The molecular weight excluding hydrogens is 388 g/mol. The van der Waals surface area contributed by atoms with Crippen LogP contribution in [0.3, 0.4) is 0 Å². The Morgan fingerprint density at radius 1 is 1.10 bits per heavy atom. The van der Waals surface area contributed by atoms with Crippen molar-refractivity contribution in [3.05, 3.63) is 78.0 Å². The second kappa shape index (κ2) is 10.6. The molecule has 0 saturated heterocycles. The predicted molar refractivity (Wildman–Crippen MR) is 125 cm³/mol. The van der Waals surface area contributed by atoms with Crippen molar-refractivity contribution < 1.29 is 9.47 Å². The van der Waals surface area contributed by atoms with Gasteiger partial charge in [0.25, 0.3) is 0 Å². The lowest BCUT2D eigenvalue weighted by molar-refractivity contribution is 0.229. The molecule has 1 N–H and O–H groups in total. The molecule has 0 spiro atoms. The highest BCUT2D eigenvalue weighted by Crippen LogP contribution is 2.33. The quantitative estimate of drug-likeness (QED) is 0.465. The Morgan fingerprint density at radius 2 is 1.94 bits per heavy atom. The number of methoxy groups -OCH3 is 1. The summed E-state index contributed by atoms with van der Waals surface area (Å²) >= 11 is 0. The fourth-order valence-electron chi connectivity index (χ4n) is 2.82. The summed E-state index contributed by atoms with van der Waals surface area (Å²) in [5.41, 5.74) is 3.00. The molecule has 6 nitrogen and oxygen atoms in total. The average Bonchev–Trinajstić information content (AvgIpc) is 2.78. The fraction of sp³-hybridized carbons (Fsp3) is 0.160. The molecule has 0 aliphatic rings. The molecule has 6 heteroatoms. The number of nitrogens with one attached hydrogen (secondary N) is 1. The van der Waals surface area contributed by atoms with Crippen LogP contribution in [0.15, 0.2) is 71.9 Å². The molecule has 3 aromatic rings. The molecular formula is C25H24N4O2. The van der Waals surface area contributed by atoms with Crippen LogP contribution in [0, 0.1) is 11.3 Å². The Morgan fingerprint density at radius 3 is 2.65 bits per heavy atom. The zero-order valence-corrected chi connectivity index (χ0v) is 17.7. The van der Waals surface area contributed by atoms with Gasteiger partial charge in [-0.15, -0.1) is 0 Å². The topological polar surface area (TPSA) is 79.5 Å². The lowest BCUT2D eigenvalue weighted by Crippen LogP contribution is -2.07. The van der Waals surface area contributed by atoms with Crippen molar-refractivity contribution in [1.82, 2.24) is 4.98 Å². The van der Waals surface area contributed by atoms with Gasteiger partial charge in [-0.1, -0.05) is 24.3 Å². The van der Waals surface area contributed by atoms with E-state index in [1.807, 2.05) is 68.5 Å². The Labute approximate surface area is 182 Å². The van der Waals surface area contributed by atoms with Crippen LogP contribution in [0.25, 0.3) is 6.08 Å². The largest absolute Gasteiger partial charge is 0.493 e. The molecule has 0 unspecified atom stereocenters. The molecule has 0 radical (unpaired) electrons. The van der Waals surface area contributed by atoms with Crippen LogP contribution in [0.5, 0.6) is 11.5 Å². The summed E-state index contributed by atoms with van der Waals surface area (Å²) < 4.78 is 11.4. The normalized spacial score (nSPS) is 11.1. The molecule has 0 amide bonds. The lowest BCUT2D eigenvalue weighted by Gasteiger charge is -2.15. The van der Waals surface area contributed by atoms with Gasteiger partial charge in [0.15, 0.2) is 11.5 Å². The number of allylic oxidation sites excluding steroid dienone is 1. The smallest absolute Gasteiger partial charge is 0.168 e. The minimum absolute atomic E-state index is 0.0332. The van der Waals surface area contributed by atoms with Crippen LogP contribution < -0.4 is 14.8 Å². The highest BCUT2D eigenvalue weighted by molar-refractivity contribution is 5.84. The highest BCUT2D eigenvalue weighted by atomic mass is 16.5. The summed E-state index contributed by atoms with van der Waals surface area (Å²) in [7, 11) is 1.63. The maximum Gasteiger partial charge on any atom is 0.168 e.